The molecule has 0 bridgehead atoms. The fourth-order valence-electron chi connectivity index (χ4n) is 3.84. The SMILES string of the molecule is COC1CC(n2cc(/C=C/CNC(=O)CCCCCCNC(C)=O)c(=O)[nH]c2=O)OC1COP(C)(=O)OC. The van der Waals surface area contributed by atoms with Crippen LogP contribution in [0.3, 0.4) is 0 Å². The molecule has 38 heavy (non-hydrogen) atoms. The molecule has 1 aliphatic rings. The lowest BCUT2D eigenvalue weighted by Crippen LogP contribution is -2.33. The Labute approximate surface area is 221 Å². The van der Waals surface area contributed by atoms with Crippen molar-refractivity contribution in [1.29, 1.82) is 0 Å². The van der Waals surface area contributed by atoms with E-state index in [4.69, 9.17) is 18.5 Å². The van der Waals surface area contributed by atoms with Gasteiger partial charge in [-0.1, -0.05) is 25.0 Å². The van der Waals surface area contributed by atoms with Crippen molar-refractivity contribution in [1.82, 2.24) is 20.2 Å². The molecule has 0 aliphatic carbocycles. The Morgan fingerprint density at radius 3 is 2.63 bits per heavy atom. The number of nitrogens with one attached hydrogen (secondary N) is 3. The van der Waals surface area contributed by atoms with Crippen molar-refractivity contribution in [2.24, 2.45) is 0 Å². The van der Waals surface area contributed by atoms with Gasteiger partial charge in [0.05, 0.1) is 18.3 Å². The second kappa shape index (κ2) is 15.7. The van der Waals surface area contributed by atoms with E-state index in [2.05, 4.69) is 15.6 Å². The van der Waals surface area contributed by atoms with E-state index >= 15 is 0 Å². The lowest BCUT2D eigenvalue weighted by atomic mass is 10.1. The van der Waals surface area contributed by atoms with Gasteiger partial charge in [-0.05, 0) is 12.8 Å². The Morgan fingerprint density at radius 2 is 1.95 bits per heavy atom. The number of carbonyl (C=O) groups excluding carboxylic acids is 2. The Morgan fingerprint density at radius 1 is 1.21 bits per heavy atom. The molecule has 0 saturated carbocycles. The highest BCUT2D eigenvalue weighted by Gasteiger charge is 2.38. The van der Waals surface area contributed by atoms with Crippen molar-refractivity contribution >= 4 is 25.5 Å². The molecule has 3 N–H and O–H groups in total. The van der Waals surface area contributed by atoms with Gasteiger partial charge >= 0.3 is 13.3 Å². The summed E-state index contributed by atoms with van der Waals surface area (Å²) in [6.45, 7) is 3.63. The number of ether oxygens (including phenoxy) is 2. The number of H-pyrrole nitrogens is 1. The Balaban J connectivity index is 1.87. The summed E-state index contributed by atoms with van der Waals surface area (Å²) in [6.07, 6.45) is 6.92. The largest absolute Gasteiger partial charge is 0.378 e. The van der Waals surface area contributed by atoms with Crippen LogP contribution in [-0.4, -0.2) is 74.2 Å². The van der Waals surface area contributed by atoms with Gasteiger partial charge in [0.2, 0.25) is 11.8 Å². The van der Waals surface area contributed by atoms with E-state index in [9.17, 15) is 23.7 Å². The standard InChI is InChI=1S/C24H39N4O9P/c1-17(29)25-12-8-6-5-7-11-21(30)26-13-9-10-18-15-28(24(32)27-23(18)31)22-14-19(34-2)20(37-22)16-36-38(4,33)35-3/h9-10,15,19-20,22H,5-8,11-14,16H2,1-4H3,(H,25,29)(H,26,30)(H,27,31,32)/b10-9+. The second-order valence-electron chi connectivity index (χ2n) is 8.99. The van der Waals surface area contributed by atoms with Crippen LogP contribution in [0.1, 0.15) is 57.2 Å². The fourth-order valence-corrected chi connectivity index (χ4v) is 4.36. The number of carbonyl (C=O) groups is 2. The highest BCUT2D eigenvalue weighted by Crippen LogP contribution is 2.43. The first-order chi connectivity index (χ1) is 18.1. The van der Waals surface area contributed by atoms with Gasteiger partial charge in [0.15, 0.2) is 0 Å². The first-order valence-corrected chi connectivity index (χ1v) is 14.5. The van der Waals surface area contributed by atoms with Crippen LogP contribution < -0.4 is 21.9 Å². The van der Waals surface area contributed by atoms with Crippen LogP contribution in [0, 0.1) is 0 Å². The number of aromatic amines is 1. The lowest BCUT2D eigenvalue weighted by Gasteiger charge is -2.19. The predicted octanol–water partition coefficient (Wildman–Crippen LogP) is 1.54. The van der Waals surface area contributed by atoms with Crippen molar-refractivity contribution in [3.63, 3.8) is 0 Å². The van der Waals surface area contributed by atoms with Gasteiger partial charge in [0.1, 0.15) is 12.3 Å². The van der Waals surface area contributed by atoms with Crippen LogP contribution in [0.4, 0.5) is 0 Å². The van der Waals surface area contributed by atoms with Gasteiger partial charge in [0.25, 0.3) is 5.56 Å². The number of methoxy groups -OCH3 is 1. The summed E-state index contributed by atoms with van der Waals surface area (Å²) in [5.74, 6) is -0.143. The summed E-state index contributed by atoms with van der Waals surface area (Å²) >= 11 is 0. The maximum Gasteiger partial charge on any atom is 0.330 e. The molecule has 0 radical (unpaired) electrons. The molecule has 1 saturated heterocycles. The van der Waals surface area contributed by atoms with E-state index in [0.29, 0.717) is 19.4 Å². The number of nitrogens with zero attached hydrogens (tertiary/aromatic N) is 1. The Bertz CT molecular complexity index is 1120. The number of hydrogen-bond donors (Lipinski definition) is 3. The summed E-state index contributed by atoms with van der Waals surface area (Å²) < 4.78 is 34.8. The topological polar surface area (TPSA) is 167 Å². The predicted molar refractivity (Wildman–Crippen MR) is 141 cm³/mol. The summed E-state index contributed by atoms with van der Waals surface area (Å²) in [5.41, 5.74) is -0.994. The number of rotatable bonds is 16. The molecule has 214 valence electrons. The minimum Gasteiger partial charge on any atom is -0.378 e. The fraction of sp³-hybridized carbons (Fsp3) is 0.667. The van der Waals surface area contributed by atoms with Crippen LogP contribution in [-0.2, 0) is 32.7 Å². The van der Waals surface area contributed by atoms with E-state index in [1.54, 1.807) is 6.08 Å². The third-order valence-electron chi connectivity index (χ3n) is 6.01. The zero-order chi connectivity index (χ0) is 28.1. The minimum atomic E-state index is -3.22. The molecular weight excluding hydrogens is 519 g/mol. The van der Waals surface area contributed by atoms with Crippen molar-refractivity contribution in [2.45, 2.75) is 63.9 Å². The molecule has 2 rings (SSSR count). The maximum absolute atomic E-state index is 12.5. The third-order valence-corrected chi connectivity index (χ3v) is 7.29. The highest BCUT2D eigenvalue weighted by atomic mass is 31.2. The van der Waals surface area contributed by atoms with Gasteiger partial charge in [-0.3, -0.25) is 28.5 Å². The van der Waals surface area contributed by atoms with E-state index < -0.39 is 37.3 Å². The van der Waals surface area contributed by atoms with Crippen molar-refractivity contribution in [2.75, 3.05) is 40.6 Å². The van der Waals surface area contributed by atoms with Crippen LogP contribution in [0.25, 0.3) is 6.08 Å². The molecule has 14 heteroatoms. The molecule has 2 amide bonds. The molecule has 0 spiro atoms. The van der Waals surface area contributed by atoms with Crippen molar-refractivity contribution in [3.05, 3.63) is 38.7 Å². The normalized spacial score (nSPS) is 20.9. The number of amides is 2. The first kappa shape index (κ1) is 31.6. The molecule has 13 nitrogen and oxygen atoms in total. The molecule has 1 fully saturated rings. The molecular formula is C24H39N4O9P. The van der Waals surface area contributed by atoms with Gasteiger partial charge in [-0.25, -0.2) is 4.79 Å². The second-order valence-corrected chi connectivity index (χ2v) is 11.2. The van der Waals surface area contributed by atoms with Crippen LogP contribution in [0.15, 0.2) is 21.9 Å². The maximum atomic E-state index is 12.5. The molecule has 2 heterocycles. The summed E-state index contributed by atoms with van der Waals surface area (Å²) in [7, 11) is -0.437. The number of hydrogen-bond acceptors (Lipinski definition) is 9. The van der Waals surface area contributed by atoms with Crippen LogP contribution in [0.5, 0.6) is 0 Å². The third kappa shape index (κ3) is 10.7. The zero-order valence-electron chi connectivity index (χ0n) is 22.4. The Kier molecular flexibility index (Phi) is 13.1. The molecule has 1 aromatic heterocycles. The summed E-state index contributed by atoms with van der Waals surface area (Å²) in [6, 6.07) is 0. The Hall–Kier alpha value is -2.57. The van der Waals surface area contributed by atoms with Crippen LogP contribution in [0.2, 0.25) is 0 Å². The highest BCUT2D eigenvalue weighted by molar-refractivity contribution is 7.52. The molecule has 4 atom stereocenters. The van der Waals surface area contributed by atoms with Gasteiger partial charge < -0.3 is 29.2 Å². The van der Waals surface area contributed by atoms with E-state index in [1.807, 2.05) is 0 Å². The molecule has 4 unspecified atom stereocenters. The minimum absolute atomic E-state index is 0.0442. The number of unbranched alkanes of at least 4 members (excludes halogenated alkanes) is 3. The lowest BCUT2D eigenvalue weighted by molar-refractivity contribution is -0.121. The average molecular weight is 559 g/mol. The van der Waals surface area contributed by atoms with E-state index in [1.165, 1.54) is 44.6 Å². The van der Waals surface area contributed by atoms with Gasteiger partial charge in [-0.15, -0.1) is 0 Å². The van der Waals surface area contributed by atoms with E-state index in [0.717, 1.165) is 25.7 Å². The van der Waals surface area contributed by atoms with Crippen LogP contribution >= 0.6 is 7.60 Å². The van der Waals surface area contributed by atoms with Gasteiger partial charge in [-0.2, -0.15) is 0 Å². The zero-order valence-corrected chi connectivity index (χ0v) is 23.3. The van der Waals surface area contributed by atoms with E-state index in [-0.39, 0.29) is 30.5 Å². The average Bonchev–Trinajstić information content (AvgIpc) is 3.28. The first-order valence-electron chi connectivity index (χ1n) is 12.6. The molecule has 1 aromatic rings. The smallest absolute Gasteiger partial charge is 0.330 e. The number of aromatic nitrogens is 2. The van der Waals surface area contributed by atoms with Crippen molar-refractivity contribution < 1.29 is 32.7 Å². The summed E-state index contributed by atoms with van der Waals surface area (Å²) in [5, 5.41) is 5.51. The summed E-state index contributed by atoms with van der Waals surface area (Å²) in [4.78, 5) is 49.9. The van der Waals surface area contributed by atoms with Crippen molar-refractivity contribution in [3.8, 4) is 0 Å². The van der Waals surface area contributed by atoms with Gasteiger partial charge in [0, 0.05) is 59.9 Å². The molecule has 1 aliphatic heterocycles. The monoisotopic (exact) mass is 558 g/mol. The quantitative estimate of drug-likeness (QED) is 0.201. The molecule has 0 aromatic carbocycles.